The van der Waals surface area contributed by atoms with Gasteiger partial charge in [0, 0.05) is 18.3 Å². The van der Waals surface area contributed by atoms with Crippen LogP contribution in [0, 0.1) is 0 Å². The molecule has 0 fully saturated rings. The van der Waals surface area contributed by atoms with Crippen molar-refractivity contribution in [2.24, 2.45) is 0 Å². The Bertz CT molecular complexity index is 437. The fraction of sp³-hybridized carbons (Fsp3) is 0.333. The van der Waals surface area contributed by atoms with Crippen LogP contribution in [0.2, 0.25) is 0 Å². The van der Waals surface area contributed by atoms with Gasteiger partial charge in [-0.05, 0) is 22.9 Å². The van der Waals surface area contributed by atoms with Crippen LogP contribution in [-0.4, -0.2) is 25.1 Å². The molecule has 1 unspecified atom stereocenters. The van der Waals surface area contributed by atoms with Crippen LogP contribution in [0.4, 0.5) is 0 Å². The molecule has 15 heavy (non-hydrogen) atoms. The molecule has 0 aromatic carbocycles. The van der Waals surface area contributed by atoms with Crippen molar-refractivity contribution in [3.05, 3.63) is 34.3 Å². The lowest BCUT2D eigenvalue weighted by atomic mass is 10.1. The molecule has 0 saturated carbocycles. The third kappa shape index (κ3) is 1.82. The van der Waals surface area contributed by atoms with Crippen molar-refractivity contribution in [3.63, 3.8) is 0 Å². The molecule has 2 aromatic heterocycles. The molecule has 2 heterocycles. The lowest BCUT2D eigenvalue weighted by Gasteiger charge is -2.11. The molecule has 2 aromatic rings. The molecular formula is C9H11BrN4O. The van der Waals surface area contributed by atoms with Crippen molar-refractivity contribution in [1.82, 2.24) is 20.0 Å². The Morgan fingerprint density at radius 1 is 1.60 bits per heavy atom. The van der Waals surface area contributed by atoms with Gasteiger partial charge in [-0.2, -0.15) is 10.2 Å². The molecule has 0 aliphatic rings. The maximum atomic E-state index is 10.1. The van der Waals surface area contributed by atoms with Gasteiger partial charge in [0.2, 0.25) is 0 Å². The Balaban J connectivity index is 2.40. The molecule has 0 radical (unpaired) electrons. The number of hydrogen-bond donors (Lipinski definition) is 2. The number of rotatable bonds is 3. The summed E-state index contributed by atoms with van der Waals surface area (Å²) < 4.78 is 2.56. The Labute approximate surface area is 95.2 Å². The molecule has 0 aliphatic heterocycles. The molecule has 0 aliphatic carbocycles. The van der Waals surface area contributed by atoms with E-state index in [1.165, 1.54) is 0 Å². The van der Waals surface area contributed by atoms with Crippen LogP contribution >= 0.6 is 15.9 Å². The van der Waals surface area contributed by atoms with Crippen molar-refractivity contribution in [1.29, 1.82) is 0 Å². The van der Waals surface area contributed by atoms with Crippen LogP contribution in [0.1, 0.15) is 24.3 Å². The van der Waals surface area contributed by atoms with Crippen LogP contribution in [0.5, 0.6) is 0 Å². The number of aromatic amines is 1. The van der Waals surface area contributed by atoms with Crippen molar-refractivity contribution >= 4 is 15.9 Å². The number of aliphatic hydroxyl groups excluding tert-OH is 1. The summed E-state index contributed by atoms with van der Waals surface area (Å²) in [5.74, 6) is 0. The Hall–Kier alpha value is -1.14. The summed E-state index contributed by atoms with van der Waals surface area (Å²) in [5, 5.41) is 20.7. The molecule has 6 heteroatoms. The van der Waals surface area contributed by atoms with Crippen molar-refractivity contribution < 1.29 is 5.11 Å². The van der Waals surface area contributed by atoms with Gasteiger partial charge in [-0.3, -0.25) is 9.78 Å². The Morgan fingerprint density at radius 3 is 3.00 bits per heavy atom. The molecule has 5 nitrogen and oxygen atoms in total. The minimum atomic E-state index is -0.708. The summed E-state index contributed by atoms with van der Waals surface area (Å²) in [7, 11) is 0. The smallest absolute Gasteiger partial charge is 0.125 e. The first-order valence-corrected chi connectivity index (χ1v) is 5.41. The number of aliphatic hydroxyl groups is 1. The highest BCUT2D eigenvalue weighted by atomic mass is 79.9. The highest BCUT2D eigenvalue weighted by Crippen LogP contribution is 2.27. The average molecular weight is 271 g/mol. The highest BCUT2D eigenvalue weighted by molar-refractivity contribution is 9.10. The van der Waals surface area contributed by atoms with E-state index < -0.39 is 6.10 Å². The van der Waals surface area contributed by atoms with E-state index in [0.29, 0.717) is 0 Å². The van der Waals surface area contributed by atoms with E-state index in [2.05, 4.69) is 31.2 Å². The number of aryl methyl sites for hydroxylation is 1. The molecule has 0 spiro atoms. The maximum Gasteiger partial charge on any atom is 0.125 e. The fourth-order valence-corrected chi connectivity index (χ4v) is 1.98. The molecule has 0 amide bonds. The van der Waals surface area contributed by atoms with E-state index >= 15 is 0 Å². The quantitative estimate of drug-likeness (QED) is 0.888. The first-order chi connectivity index (χ1) is 7.24. The Kier molecular flexibility index (Phi) is 2.88. The zero-order valence-corrected chi connectivity index (χ0v) is 9.77. The maximum absolute atomic E-state index is 10.1. The largest absolute Gasteiger partial charge is 0.382 e. The lowest BCUT2D eigenvalue weighted by Crippen LogP contribution is -2.09. The van der Waals surface area contributed by atoms with Gasteiger partial charge in [-0.1, -0.05) is 0 Å². The summed E-state index contributed by atoms with van der Waals surface area (Å²) in [6.07, 6.45) is 4.25. The normalized spacial score (nSPS) is 13.0. The second-order valence-electron chi connectivity index (χ2n) is 3.13. The van der Waals surface area contributed by atoms with E-state index in [9.17, 15) is 5.11 Å². The highest BCUT2D eigenvalue weighted by Gasteiger charge is 2.19. The molecule has 80 valence electrons. The van der Waals surface area contributed by atoms with Crippen molar-refractivity contribution in [2.45, 2.75) is 19.6 Å². The van der Waals surface area contributed by atoms with Crippen molar-refractivity contribution in [3.8, 4) is 0 Å². The average Bonchev–Trinajstić information content (AvgIpc) is 2.85. The van der Waals surface area contributed by atoms with E-state index in [4.69, 9.17) is 0 Å². The predicted octanol–water partition coefficient (Wildman–Crippen LogP) is 1.47. The number of halogens is 1. The zero-order chi connectivity index (χ0) is 10.8. The second-order valence-corrected chi connectivity index (χ2v) is 3.98. The van der Waals surface area contributed by atoms with Crippen LogP contribution in [-0.2, 0) is 6.54 Å². The summed E-state index contributed by atoms with van der Waals surface area (Å²) in [4.78, 5) is 0. The van der Waals surface area contributed by atoms with Gasteiger partial charge in [-0.15, -0.1) is 0 Å². The van der Waals surface area contributed by atoms with Crippen LogP contribution in [0.25, 0.3) is 0 Å². The monoisotopic (exact) mass is 270 g/mol. The van der Waals surface area contributed by atoms with Gasteiger partial charge in [0.15, 0.2) is 0 Å². The van der Waals surface area contributed by atoms with E-state index in [-0.39, 0.29) is 0 Å². The lowest BCUT2D eigenvalue weighted by molar-refractivity contribution is 0.207. The number of hydrogen-bond acceptors (Lipinski definition) is 3. The van der Waals surface area contributed by atoms with Gasteiger partial charge in [0.25, 0.3) is 0 Å². The Morgan fingerprint density at radius 2 is 2.40 bits per heavy atom. The first kappa shape index (κ1) is 10.4. The molecular weight excluding hydrogens is 260 g/mol. The summed E-state index contributed by atoms with van der Waals surface area (Å²) >= 11 is 3.37. The van der Waals surface area contributed by atoms with Gasteiger partial charge in [0.1, 0.15) is 6.10 Å². The van der Waals surface area contributed by atoms with Gasteiger partial charge in [0.05, 0.1) is 22.6 Å². The van der Waals surface area contributed by atoms with E-state index in [1.807, 2.05) is 6.92 Å². The summed E-state index contributed by atoms with van der Waals surface area (Å²) in [5.41, 5.74) is 1.48. The molecule has 2 rings (SSSR count). The minimum Gasteiger partial charge on any atom is -0.382 e. The minimum absolute atomic E-state index is 0.708. The summed E-state index contributed by atoms with van der Waals surface area (Å²) in [6.45, 7) is 2.70. The standard InChI is InChI=1S/C9H11BrN4O/c1-2-14-8(7(10)5-13-14)9(15)6-3-11-12-4-6/h3-5,9,15H,2H2,1H3,(H,11,12). The molecule has 1 atom stereocenters. The van der Waals surface area contributed by atoms with E-state index in [1.54, 1.807) is 23.3 Å². The fourth-order valence-electron chi connectivity index (χ4n) is 1.46. The van der Waals surface area contributed by atoms with Crippen LogP contribution in [0.3, 0.4) is 0 Å². The SMILES string of the molecule is CCn1ncc(Br)c1C(O)c1cn[nH]c1. The third-order valence-corrected chi connectivity index (χ3v) is 2.84. The topological polar surface area (TPSA) is 66.7 Å². The van der Waals surface area contributed by atoms with E-state index in [0.717, 1.165) is 22.3 Å². The molecule has 0 bridgehead atoms. The number of nitrogens with zero attached hydrogens (tertiary/aromatic N) is 3. The molecule has 2 N–H and O–H groups in total. The van der Waals surface area contributed by atoms with Crippen LogP contribution < -0.4 is 0 Å². The van der Waals surface area contributed by atoms with Crippen LogP contribution in [0.15, 0.2) is 23.1 Å². The first-order valence-electron chi connectivity index (χ1n) is 4.62. The van der Waals surface area contributed by atoms with Gasteiger partial charge in [-0.25, -0.2) is 0 Å². The number of aromatic nitrogens is 4. The summed E-state index contributed by atoms with van der Waals surface area (Å²) in [6, 6.07) is 0. The van der Waals surface area contributed by atoms with Crippen molar-refractivity contribution in [2.75, 3.05) is 0 Å². The number of nitrogens with one attached hydrogen (secondary N) is 1. The van der Waals surface area contributed by atoms with Gasteiger partial charge < -0.3 is 5.11 Å². The predicted molar refractivity (Wildman–Crippen MR) is 58.3 cm³/mol. The molecule has 0 saturated heterocycles. The third-order valence-electron chi connectivity index (χ3n) is 2.23. The van der Waals surface area contributed by atoms with Gasteiger partial charge >= 0.3 is 0 Å². The number of H-pyrrole nitrogens is 1. The zero-order valence-electron chi connectivity index (χ0n) is 8.18. The second kappa shape index (κ2) is 4.16.